The van der Waals surface area contributed by atoms with Gasteiger partial charge in [-0.25, -0.2) is 4.79 Å². The first-order valence-corrected chi connectivity index (χ1v) is 10.8. The highest BCUT2D eigenvalue weighted by Crippen LogP contribution is 2.40. The molecule has 1 heterocycles. The maximum atomic E-state index is 12.6. The van der Waals surface area contributed by atoms with E-state index >= 15 is 0 Å². The van der Waals surface area contributed by atoms with E-state index in [4.69, 9.17) is 4.74 Å². The van der Waals surface area contributed by atoms with Crippen molar-refractivity contribution in [2.75, 3.05) is 23.8 Å². The predicted molar refractivity (Wildman–Crippen MR) is 114 cm³/mol. The Kier molecular flexibility index (Phi) is 6.73. The molecule has 1 aromatic carbocycles. The van der Waals surface area contributed by atoms with Gasteiger partial charge in [-0.15, -0.1) is 11.3 Å². The summed E-state index contributed by atoms with van der Waals surface area (Å²) in [5.74, 6) is 0.0919. The first-order chi connectivity index (χ1) is 13.5. The molecule has 1 atom stereocenters. The Morgan fingerprint density at radius 1 is 1.25 bits per heavy atom. The van der Waals surface area contributed by atoms with Gasteiger partial charge in [-0.1, -0.05) is 32.0 Å². The molecule has 0 radical (unpaired) electrons. The summed E-state index contributed by atoms with van der Waals surface area (Å²) >= 11 is 1.52. The number of rotatable bonds is 7. The molecule has 6 heteroatoms. The van der Waals surface area contributed by atoms with Crippen molar-refractivity contribution in [1.82, 2.24) is 0 Å². The second-order valence-corrected chi connectivity index (χ2v) is 8.29. The molecule has 0 spiro atoms. The lowest BCUT2D eigenvalue weighted by Crippen LogP contribution is -2.23. The summed E-state index contributed by atoms with van der Waals surface area (Å²) in [4.78, 5) is 26.3. The highest BCUT2D eigenvalue weighted by atomic mass is 32.1. The number of hydrogen-bond acceptors (Lipinski definition) is 5. The number of esters is 1. The van der Waals surface area contributed by atoms with E-state index in [1.54, 1.807) is 6.92 Å². The fraction of sp³-hybridized carbons (Fsp3) is 0.455. The molecule has 0 saturated carbocycles. The van der Waals surface area contributed by atoms with Crippen LogP contribution in [-0.4, -0.2) is 25.0 Å². The molecule has 1 amide bonds. The van der Waals surface area contributed by atoms with Gasteiger partial charge in [0.2, 0.25) is 5.91 Å². The standard InChI is InChI=1S/C22H28N2O3S/c1-4-15-8-6-7-9-17(15)23-13-19(25)24-21-20(22(26)27-5-2)16-11-10-14(3)12-18(16)28-21/h6-9,14,23H,4-5,10-13H2,1-3H3,(H,24,25)/t14-/m1/s1. The average Bonchev–Trinajstić information content (AvgIpc) is 3.03. The average molecular weight is 401 g/mol. The summed E-state index contributed by atoms with van der Waals surface area (Å²) in [6.07, 6.45) is 3.76. The van der Waals surface area contributed by atoms with Gasteiger partial charge >= 0.3 is 5.97 Å². The number of hydrogen-bond donors (Lipinski definition) is 2. The van der Waals surface area contributed by atoms with E-state index in [0.29, 0.717) is 23.1 Å². The van der Waals surface area contributed by atoms with E-state index < -0.39 is 0 Å². The van der Waals surface area contributed by atoms with Gasteiger partial charge in [0.1, 0.15) is 5.00 Å². The Hall–Kier alpha value is -2.34. The molecule has 1 aliphatic rings. The minimum absolute atomic E-state index is 0.151. The molecule has 1 aromatic heterocycles. The lowest BCUT2D eigenvalue weighted by atomic mass is 9.88. The van der Waals surface area contributed by atoms with Gasteiger partial charge in [0.15, 0.2) is 0 Å². The molecule has 0 unspecified atom stereocenters. The van der Waals surface area contributed by atoms with Crippen LogP contribution < -0.4 is 10.6 Å². The SMILES string of the molecule is CCOC(=O)c1c(NC(=O)CNc2ccccc2CC)sc2c1CC[C@@H](C)C2. The highest BCUT2D eigenvalue weighted by Gasteiger charge is 2.29. The molecule has 2 aromatic rings. The third-order valence-electron chi connectivity index (χ3n) is 5.08. The van der Waals surface area contributed by atoms with Crippen molar-refractivity contribution in [2.24, 2.45) is 5.92 Å². The van der Waals surface area contributed by atoms with Crippen molar-refractivity contribution in [2.45, 2.75) is 46.5 Å². The Bertz CT molecular complexity index is 859. The number of amides is 1. The zero-order chi connectivity index (χ0) is 20.1. The fourth-order valence-electron chi connectivity index (χ4n) is 3.61. The van der Waals surface area contributed by atoms with Gasteiger partial charge in [-0.3, -0.25) is 4.79 Å². The number of thiophene rings is 1. The van der Waals surface area contributed by atoms with Crippen molar-refractivity contribution in [1.29, 1.82) is 0 Å². The van der Waals surface area contributed by atoms with Gasteiger partial charge in [0, 0.05) is 10.6 Å². The summed E-state index contributed by atoms with van der Waals surface area (Å²) in [6.45, 7) is 6.58. The molecule has 0 fully saturated rings. The number of anilines is 2. The molecule has 0 bridgehead atoms. The number of carbonyl (C=O) groups is 2. The Labute approximate surface area is 170 Å². The second kappa shape index (κ2) is 9.24. The van der Waals surface area contributed by atoms with Crippen molar-refractivity contribution in [3.63, 3.8) is 0 Å². The number of benzene rings is 1. The van der Waals surface area contributed by atoms with Crippen LogP contribution in [0.1, 0.15) is 53.6 Å². The summed E-state index contributed by atoms with van der Waals surface area (Å²) in [7, 11) is 0. The van der Waals surface area contributed by atoms with E-state index in [2.05, 4.69) is 24.5 Å². The monoisotopic (exact) mass is 400 g/mol. The third kappa shape index (κ3) is 4.55. The highest BCUT2D eigenvalue weighted by molar-refractivity contribution is 7.17. The Balaban J connectivity index is 1.75. The van der Waals surface area contributed by atoms with Crippen molar-refractivity contribution in [3.8, 4) is 0 Å². The zero-order valence-corrected chi connectivity index (χ0v) is 17.6. The van der Waals surface area contributed by atoms with Crippen LogP contribution in [0, 0.1) is 5.92 Å². The summed E-state index contributed by atoms with van der Waals surface area (Å²) in [5.41, 5.74) is 3.74. The normalized spacial score (nSPS) is 15.6. The van der Waals surface area contributed by atoms with Gasteiger partial charge in [0.05, 0.1) is 18.7 Å². The fourth-order valence-corrected chi connectivity index (χ4v) is 5.02. The molecule has 0 aliphatic heterocycles. The number of fused-ring (bicyclic) bond motifs is 1. The van der Waals surface area contributed by atoms with Crippen LogP contribution in [0.4, 0.5) is 10.7 Å². The number of ether oxygens (including phenoxy) is 1. The number of nitrogens with one attached hydrogen (secondary N) is 2. The van der Waals surface area contributed by atoms with E-state index in [-0.39, 0.29) is 18.4 Å². The summed E-state index contributed by atoms with van der Waals surface area (Å²) < 4.78 is 5.26. The summed E-state index contributed by atoms with van der Waals surface area (Å²) in [5, 5.41) is 6.77. The lowest BCUT2D eigenvalue weighted by Gasteiger charge is -2.18. The van der Waals surface area contributed by atoms with E-state index in [1.807, 2.05) is 24.3 Å². The largest absolute Gasteiger partial charge is 0.462 e. The molecular weight excluding hydrogens is 372 g/mol. The minimum atomic E-state index is -0.339. The van der Waals surface area contributed by atoms with Crippen LogP contribution >= 0.6 is 11.3 Å². The maximum Gasteiger partial charge on any atom is 0.341 e. The van der Waals surface area contributed by atoms with Gasteiger partial charge < -0.3 is 15.4 Å². The summed E-state index contributed by atoms with van der Waals surface area (Å²) in [6, 6.07) is 7.97. The molecule has 0 saturated heterocycles. The first-order valence-electron chi connectivity index (χ1n) is 9.96. The van der Waals surface area contributed by atoms with Crippen molar-refractivity contribution < 1.29 is 14.3 Å². The van der Waals surface area contributed by atoms with Crippen LogP contribution in [0.5, 0.6) is 0 Å². The third-order valence-corrected chi connectivity index (χ3v) is 6.25. The smallest absolute Gasteiger partial charge is 0.341 e. The van der Waals surface area contributed by atoms with Gasteiger partial charge in [0.25, 0.3) is 0 Å². The minimum Gasteiger partial charge on any atom is -0.462 e. The predicted octanol–water partition coefficient (Wildman–Crippen LogP) is 4.66. The molecular formula is C22H28N2O3S. The van der Waals surface area contributed by atoms with Gasteiger partial charge in [-0.05, 0) is 55.7 Å². The van der Waals surface area contributed by atoms with E-state index in [0.717, 1.165) is 36.9 Å². The van der Waals surface area contributed by atoms with Crippen molar-refractivity contribution in [3.05, 3.63) is 45.8 Å². The molecule has 28 heavy (non-hydrogen) atoms. The second-order valence-electron chi connectivity index (χ2n) is 7.19. The number of carbonyl (C=O) groups excluding carboxylic acids is 2. The van der Waals surface area contributed by atoms with Crippen molar-refractivity contribution >= 4 is 33.9 Å². The lowest BCUT2D eigenvalue weighted by molar-refractivity contribution is -0.114. The number of aryl methyl sites for hydroxylation is 1. The zero-order valence-electron chi connectivity index (χ0n) is 16.8. The Morgan fingerprint density at radius 3 is 2.79 bits per heavy atom. The van der Waals surface area contributed by atoms with Crippen LogP contribution in [0.15, 0.2) is 24.3 Å². The topological polar surface area (TPSA) is 67.4 Å². The Morgan fingerprint density at radius 2 is 2.04 bits per heavy atom. The molecule has 150 valence electrons. The maximum absolute atomic E-state index is 12.6. The molecule has 1 aliphatic carbocycles. The van der Waals surface area contributed by atoms with Crippen LogP contribution in [0.25, 0.3) is 0 Å². The van der Waals surface area contributed by atoms with E-state index in [1.165, 1.54) is 21.8 Å². The van der Waals surface area contributed by atoms with Gasteiger partial charge in [-0.2, -0.15) is 0 Å². The molecule has 5 nitrogen and oxygen atoms in total. The quantitative estimate of drug-likeness (QED) is 0.663. The van der Waals surface area contributed by atoms with E-state index in [9.17, 15) is 9.59 Å². The molecule has 3 rings (SSSR count). The first kappa shape index (κ1) is 20.4. The molecule has 2 N–H and O–H groups in total. The van der Waals surface area contributed by atoms with Crippen LogP contribution in [0.3, 0.4) is 0 Å². The van der Waals surface area contributed by atoms with Crippen LogP contribution in [0.2, 0.25) is 0 Å². The number of para-hydroxylation sites is 1. The van der Waals surface area contributed by atoms with Crippen LogP contribution in [-0.2, 0) is 28.8 Å².